The second kappa shape index (κ2) is 5.40. The lowest BCUT2D eigenvalue weighted by Crippen LogP contribution is -2.02. The maximum atomic E-state index is 2.46. The summed E-state index contributed by atoms with van der Waals surface area (Å²) in [7, 11) is 0. The first-order valence-electron chi connectivity index (χ1n) is 5.45. The lowest BCUT2D eigenvalue weighted by atomic mass is 9.89. The van der Waals surface area contributed by atoms with Crippen LogP contribution in [0.25, 0.3) is 0 Å². The molecular weight excluding hydrogens is 144 g/mol. The highest BCUT2D eigenvalue weighted by Gasteiger charge is 2.09. The van der Waals surface area contributed by atoms with Crippen molar-refractivity contribution in [3.05, 3.63) is 12.2 Å². The van der Waals surface area contributed by atoms with Crippen molar-refractivity contribution in [3.8, 4) is 0 Å². The predicted molar refractivity (Wildman–Crippen MR) is 55.2 cm³/mol. The van der Waals surface area contributed by atoms with Crippen molar-refractivity contribution in [3.63, 3.8) is 0 Å². The Balaban J connectivity index is 2.15. The van der Waals surface area contributed by atoms with Crippen LogP contribution in [-0.4, -0.2) is 0 Å². The lowest BCUT2D eigenvalue weighted by Gasteiger charge is -2.17. The van der Waals surface area contributed by atoms with E-state index in [4.69, 9.17) is 0 Å². The second-order valence-electron chi connectivity index (χ2n) is 4.46. The van der Waals surface area contributed by atoms with E-state index in [-0.39, 0.29) is 0 Å². The number of hydrogen-bond acceptors (Lipinski definition) is 0. The molecule has 0 amide bonds. The Hall–Kier alpha value is -0.260. The summed E-state index contributed by atoms with van der Waals surface area (Å²) in [5, 5.41) is 0. The highest BCUT2D eigenvalue weighted by atomic mass is 14.1. The van der Waals surface area contributed by atoms with Crippen molar-refractivity contribution in [2.24, 2.45) is 11.8 Å². The topological polar surface area (TPSA) is 0 Å². The number of rotatable bonds is 3. The quantitative estimate of drug-likeness (QED) is 0.552. The Kier molecular flexibility index (Phi) is 4.42. The van der Waals surface area contributed by atoms with Crippen LogP contribution in [0.5, 0.6) is 0 Å². The second-order valence-corrected chi connectivity index (χ2v) is 4.46. The van der Waals surface area contributed by atoms with Crippen LogP contribution in [0, 0.1) is 11.8 Å². The summed E-state index contributed by atoms with van der Waals surface area (Å²) >= 11 is 0. The average Bonchev–Trinajstić information content (AvgIpc) is 2.05. The van der Waals surface area contributed by atoms with Crippen LogP contribution >= 0.6 is 0 Å². The predicted octanol–water partition coefficient (Wildman–Crippen LogP) is 4.17. The van der Waals surface area contributed by atoms with Crippen LogP contribution in [0.2, 0.25) is 0 Å². The molecule has 70 valence electrons. The van der Waals surface area contributed by atoms with Gasteiger partial charge in [-0.05, 0) is 31.1 Å². The van der Waals surface area contributed by atoms with Crippen LogP contribution < -0.4 is 0 Å². The van der Waals surface area contributed by atoms with E-state index < -0.39 is 0 Å². The van der Waals surface area contributed by atoms with Crippen molar-refractivity contribution in [1.82, 2.24) is 0 Å². The summed E-state index contributed by atoms with van der Waals surface area (Å²) in [6, 6.07) is 0. The fraction of sp³-hybridized carbons (Fsp3) is 0.833. The molecule has 0 aromatic heterocycles. The Labute approximate surface area is 77.1 Å². The van der Waals surface area contributed by atoms with E-state index >= 15 is 0 Å². The van der Waals surface area contributed by atoms with Crippen LogP contribution in [0.4, 0.5) is 0 Å². The third kappa shape index (κ3) is 3.94. The first-order valence-corrected chi connectivity index (χ1v) is 5.45. The van der Waals surface area contributed by atoms with Gasteiger partial charge in [0.25, 0.3) is 0 Å². The highest BCUT2D eigenvalue weighted by Crippen LogP contribution is 2.24. The number of allylic oxidation sites excluding steroid dienone is 2. The van der Waals surface area contributed by atoms with Gasteiger partial charge < -0.3 is 0 Å². The third-order valence-corrected chi connectivity index (χ3v) is 2.67. The fourth-order valence-corrected chi connectivity index (χ4v) is 1.87. The molecule has 1 aliphatic carbocycles. The van der Waals surface area contributed by atoms with Gasteiger partial charge in [-0.2, -0.15) is 0 Å². The maximum absolute atomic E-state index is 2.46. The van der Waals surface area contributed by atoms with Crippen molar-refractivity contribution < 1.29 is 0 Å². The van der Waals surface area contributed by atoms with Gasteiger partial charge in [0.1, 0.15) is 0 Å². The van der Waals surface area contributed by atoms with Gasteiger partial charge in [0, 0.05) is 0 Å². The van der Waals surface area contributed by atoms with Gasteiger partial charge in [0.2, 0.25) is 0 Å². The first kappa shape index (κ1) is 9.83. The molecular formula is C12H22. The van der Waals surface area contributed by atoms with Crippen LogP contribution in [0.15, 0.2) is 12.2 Å². The fourth-order valence-electron chi connectivity index (χ4n) is 1.87. The van der Waals surface area contributed by atoms with Gasteiger partial charge >= 0.3 is 0 Å². The minimum Gasteiger partial charge on any atom is -0.0880 e. The molecule has 0 bridgehead atoms. The van der Waals surface area contributed by atoms with E-state index in [1.165, 1.54) is 38.5 Å². The average molecular weight is 166 g/mol. The monoisotopic (exact) mass is 166 g/mol. The van der Waals surface area contributed by atoms with Crippen molar-refractivity contribution in [2.45, 2.75) is 52.4 Å². The van der Waals surface area contributed by atoms with Gasteiger partial charge in [-0.25, -0.2) is 0 Å². The Morgan fingerprint density at radius 2 is 1.83 bits per heavy atom. The van der Waals surface area contributed by atoms with E-state index in [0.717, 1.165) is 11.8 Å². The highest BCUT2D eigenvalue weighted by molar-refractivity contribution is 4.90. The smallest absolute Gasteiger partial charge is 0.0234 e. The lowest BCUT2D eigenvalue weighted by molar-refractivity contribution is 0.418. The first-order chi connectivity index (χ1) is 5.79. The molecule has 1 fully saturated rings. The summed E-state index contributed by atoms with van der Waals surface area (Å²) in [6.45, 7) is 4.57. The zero-order valence-electron chi connectivity index (χ0n) is 8.55. The van der Waals surface area contributed by atoms with Gasteiger partial charge in [0.15, 0.2) is 0 Å². The Morgan fingerprint density at radius 3 is 2.42 bits per heavy atom. The molecule has 0 aromatic rings. The molecule has 1 aliphatic rings. The summed E-state index contributed by atoms with van der Waals surface area (Å²) in [6.07, 6.45) is 13.4. The van der Waals surface area contributed by atoms with Gasteiger partial charge in [0.05, 0.1) is 0 Å². The molecule has 12 heavy (non-hydrogen) atoms. The van der Waals surface area contributed by atoms with E-state index in [2.05, 4.69) is 26.0 Å². The molecule has 0 N–H and O–H groups in total. The normalized spacial score (nSPS) is 20.9. The molecule has 0 unspecified atom stereocenters. The molecule has 0 heterocycles. The van der Waals surface area contributed by atoms with Gasteiger partial charge in [-0.1, -0.05) is 45.3 Å². The SMILES string of the molecule is CC(C)CC=CC1CCCCC1. The minimum absolute atomic E-state index is 0.824. The van der Waals surface area contributed by atoms with E-state index in [0.29, 0.717) is 0 Å². The van der Waals surface area contributed by atoms with Crippen LogP contribution in [0.1, 0.15) is 52.4 Å². The van der Waals surface area contributed by atoms with Gasteiger partial charge in [-0.15, -0.1) is 0 Å². The van der Waals surface area contributed by atoms with E-state index in [1.54, 1.807) is 0 Å². The van der Waals surface area contributed by atoms with E-state index in [1.807, 2.05) is 0 Å². The van der Waals surface area contributed by atoms with Crippen LogP contribution in [0.3, 0.4) is 0 Å². The summed E-state index contributed by atoms with van der Waals surface area (Å²) in [4.78, 5) is 0. The third-order valence-electron chi connectivity index (χ3n) is 2.67. The molecule has 0 heteroatoms. The molecule has 0 atom stereocenters. The van der Waals surface area contributed by atoms with Crippen molar-refractivity contribution >= 4 is 0 Å². The molecule has 1 rings (SSSR count). The molecule has 0 radical (unpaired) electrons. The molecule has 0 nitrogen and oxygen atoms in total. The molecule has 0 aliphatic heterocycles. The zero-order valence-corrected chi connectivity index (χ0v) is 8.55. The van der Waals surface area contributed by atoms with Gasteiger partial charge in [-0.3, -0.25) is 0 Å². The van der Waals surface area contributed by atoms with Crippen molar-refractivity contribution in [2.75, 3.05) is 0 Å². The van der Waals surface area contributed by atoms with Crippen molar-refractivity contribution in [1.29, 1.82) is 0 Å². The Bertz CT molecular complexity index is 127. The minimum atomic E-state index is 0.824. The molecule has 1 saturated carbocycles. The molecule has 0 spiro atoms. The summed E-state index contributed by atoms with van der Waals surface area (Å²) < 4.78 is 0. The summed E-state index contributed by atoms with van der Waals surface area (Å²) in [5.74, 6) is 1.74. The maximum Gasteiger partial charge on any atom is -0.0234 e. The van der Waals surface area contributed by atoms with Crippen LogP contribution in [-0.2, 0) is 0 Å². The summed E-state index contributed by atoms with van der Waals surface area (Å²) in [5.41, 5.74) is 0. The van der Waals surface area contributed by atoms with E-state index in [9.17, 15) is 0 Å². The standard InChI is InChI=1S/C12H22/c1-11(2)7-6-10-12-8-4-3-5-9-12/h6,10-12H,3-5,7-9H2,1-2H3. The number of hydrogen-bond donors (Lipinski definition) is 0. The zero-order chi connectivity index (χ0) is 8.81. The molecule has 0 aromatic carbocycles. The Morgan fingerprint density at radius 1 is 1.17 bits per heavy atom. The largest absolute Gasteiger partial charge is 0.0880 e. The molecule has 0 saturated heterocycles.